The summed E-state index contributed by atoms with van der Waals surface area (Å²) < 4.78 is 0. The Hall–Kier alpha value is -0.860. The number of nitro groups is 1. The van der Waals surface area contributed by atoms with E-state index in [-0.39, 0.29) is 11.5 Å². The zero-order valence-corrected chi connectivity index (χ0v) is 11.2. The quantitative estimate of drug-likeness (QED) is 0.432. The number of nitrogens with zero attached hydrogens (tertiary/aromatic N) is 1. The summed E-state index contributed by atoms with van der Waals surface area (Å²) in [6, 6.07) is 0. The average molecular weight is 249 g/mol. The lowest BCUT2D eigenvalue weighted by Crippen LogP contribution is -2.45. The highest BCUT2D eigenvalue weighted by atomic mass is 16.6. The van der Waals surface area contributed by atoms with Gasteiger partial charge in [-0.3, -0.25) is 10.1 Å². The van der Waals surface area contributed by atoms with Crippen LogP contribution in [0.4, 0.5) is 0 Å². The minimum atomic E-state index is -0.132. The molecule has 2 saturated carbocycles. The van der Waals surface area contributed by atoms with Gasteiger partial charge >= 0.3 is 0 Å². The minimum absolute atomic E-state index is 0.132. The van der Waals surface area contributed by atoms with E-state index in [1.807, 2.05) is 0 Å². The molecule has 3 aliphatic rings. The molecule has 3 nitrogen and oxygen atoms in total. The first kappa shape index (κ1) is 12.2. The summed E-state index contributed by atoms with van der Waals surface area (Å²) in [5, 5.41) is 10.6. The summed E-state index contributed by atoms with van der Waals surface area (Å²) in [5.41, 5.74) is 1.98. The van der Waals surface area contributed by atoms with Crippen LogP contribution in [-0.4, -0.2) is 11.5 Å². The molecule has 0 aromatic rings. The van der Waals surface area contributed by atoms with Gasteiger partial charge in [0.1, 0.15) is 0 Å². The summed E-state index contributed by atoms with van der Waals surface area (Å²) in [7, 11) is 0. The first-order valence-corrected chi connectivity index (χ1v) is 7.38. The molecule has 0 aromatic carbocycles. The molecule has 100 valence electrons. The lowest BCUT2D eigenvalue weighted by atomic mass is 9.56. The van der Waals surface area contributed by atoms with Crippen molar-refractivity contribution in [3.63, 3.8) is 0 Å². The van der Waals surface area contributed by atoms with E-state index in [2.05, 4.69) is 13.0 Å². The molecule has 0 heterocycles. The number of allylic oxidation sites excluding steroid dienone is 2. The van der Waals surface area contributed by atoms with Crippen LogP contribution in [0.3, 0.4) is 0 Å². The van der Waals surface area contributed by atoms with Crippen LogP contribution in [-0.2, 0) is 0 Å². The summed E-state index contributed by atoms with van der Waals surface area (Å²) in [6.07, 6.45) is 11.6. The monoisotopic (exact) mass is 249 g/mol. The van der Waals surface area contributed by atoms with E-state index in [0.29, 0.717) is 17.3 Å². The van der Waals surface area contributed by atoms with Crippen molar-refractivity contribution >= 4 is 0 Å². The first-order chi connectivity index (χ1) is 8.57. The molecule has 0 radical (unpaired) electrons. The molecule has 3 rings (SSSR count). The SMILES string of the molecule is C[C@@]12CC(CC3CCCC3)=C[C@@H]1C(C[N+](=O)[O-])C2. The van der Waals surface area contributed by atoms with E-state index >= 15 is 0 Å². The van der Waals surface area contributed by atoms with Gasteiger partial charge in [0.2, 0.25) is 6.54 Å². The van der Waals surface area contributed by atoms with Crippen molar-refractivity contribution in [3.8, 4) is 0 Å². The number of fused-ring (bicyclic) bond motifs is 1. The maximum absolute atomic E-state index is 10.6. The van der Waals surface area contributed by atoms with Gasteiger partial charge in [-0.15, -0.1) is 0 Å². The van der Waals surface area contributed by atoms with E-state index in [0.717, 1.165) is 12.3 Å². The highest BCUT2D eigenvalue weighted by Gasteiger charge is 2.54. The van der Waals surface area contributed by atoms with Gasteiger partial charge in [-0.05, 0) is 36.5 Å². The van der Waals surface area contributed by atoms with E-state index in [1.165, 1.54) is 38.5 Å². The van der Waals surface area contributed by atoms with Crippen LogP contribution in [0.5, 0.6) is 0 Å². The molecular formula is C15H23NO2. The molecule has 3 aliphatic carbocycles. The van der Waals surface area contributed by atoms with Gasteiger partial charge in [-0.25, -0.2) is 0 Å². The van der Waals surface area contributed by atoms with E-state index in [1.54, 1.807) is 5.57 Å². The highest BCUT2D eigenvalue weighted by molar-refractivity contribution is 5.24. The van der Waals surface area contributed by atoms with E-state index < -0.39 is 0 Å². The van der Waals surface area contributed by atoms with Crippen LogP contribution in [0, 0.1) is 33.3 Å². The zero-order valence-electron chi connectivity index (χ0n) is 11.2. The normalized spacial score (nSPS) is 39.3. The predicted octanol–water partition coefficient (Wildman–Crippen LogP) is 3.82. The van der Waals surface area contributed by atoms with E-state index in [4.69, 9.17) is 0 Å². The van der Waals surface area contributed by atoms with Gasteiger partial charge in [0, 0.05) is 10.8 Å². The summed E-state index contributed by atoms with van der Waals surface area (Å²) in [5.74, 6) is 1.72. The lowest BCUT2D eigenvalue weighted by Gasteiger charge is -2.47. The van der Waals surface area contributed by atoms with Gasteiger partial charge < -0.3 is 0 Å². The molecule has 0 amide bonds. The topological polar surface area (TPSA) is 43.1 Å². The second-order valence-corrected chi connectivity index (χ2v) is 7.02. The molecule has 0 bridgehead atoms. The largest absolute Gasteiger partial charge is 0.265 e. The van der Waals surface area contributed by atoms with Crippen LogP contribution in [0.2, 0.25) is 0 Å². The Morgan fingerprint density at radius 3 is 2.83 bits per heavy atom. The van der Waals surface area contributed by atoms with Crippen LogP contribution >= 0.6 is 0 Å². The second kappa shape index (κ2) is 4.36. The minimum Gasteiger partial charge on any atom is -0.265 e. The predicted molar refractivity (Wildman–Crippen MR) is 70.8 cm³/mol. The van der Waals surface area contributed by atoms with Crippen LogP contribution in [0.15, 0.2) is 11.6 Å². The van der Waals surface area contributed by atoms with Crippen LogP contribution in [0.1, 0.15) is 51.9 Å². The third kappa shape index (κ3) is 2.08. The standard InChI is InChI=1S/C15H23NO2/c1-15-8-12(6-11-4-2-3-5-11)7-14(15)13(9-15)10-16(17)18/h7,11,13-14H,2-6,8-10H2,1H3/t13?,14-,15+/m1/s1. The molecular weight excluding hydrogens is 226 g/mol. The number of rotatable bonds is 4. The Labute approximate surface area is 109 Å². The smallest absolute Gasteiger partial charge is 0.207 e. The molecule has 0 saturated heterocycles. The average Bonchev–Trinajstić information content (AvgIpc) is 2.84. The Morgan fingerprint density at radius 2 is 2.17 bits per heavy atom. The maximum atomic E-state index is 10.6. The van der Waals surface area contributed by atoms with E-state index in [9.17, 15) is 10.1 Å². The molecule has 0 aromatic heterocycles. The zero-order chi connectivity index (χ0) is 12.8. The highest BCUT2D eigenvalue weighted by Crippen LogP contribution is 2.60. The van der Waals surface area contributed by atoms with Gasteiger partial charge in [-0.1, -0.05) is 44.3 Å². The second-order valence-electron chi connectivity index (χ2n) is 7.02. The molecule has 18 heavy (non-hydrogen) atoms. The van der Waals surface area contributed by atoms with Crippen molar-refractivity contribution in [2.75, 3.05) is 6.54 Å². The molecule has 3 atom stereocenters. The van der Waals surface area contributed by atoms with Crippen molar-refractivity contribution in [1.29, 1.82) is 0 Å². The van der Waals surface area contributed by atoms with Crippen molar-refractivity contribution < 1.29 is 4.92 Å². The molecule has 0 aliphatic heterocycles. The van der Waals surface area contributed by atoms with Gasteiger partial charge in [0.05, 0.1) is 0 Å². The number of hydrogen-bond donors (Lipinski definition) is 0. The lowest BCUT2D eigenvalue weighted by molar-refractivity contribution is -0.495. The fraction of sp³-hybridized carbons (Fsp3) is 0.867. The van der Waals surface area contributed by atoms with Crippen molar-refractivity contribution in [1.82, 2.24) is 0 Å². The summed E-state index contributed by atoms with van der Waals surface area (Å²) in [6.45, 7) is 2.50. The van der Waals surface area contributed by atoms with Crippen molar-refractivity contribution in [2.24, 2.45) is 23.2 Å². The number of hydrogen-bond acceptors (Lipinski definition) is 2. The Morgan fingerprint density at radius 1 is 1.44 bits per heavy atom. The van der Waals surface area contributed by atoms with Crippen LogP contribution in [0.25, 0.3) is 0 Å². The third-order valence-corrected chi connectivity index (χ3v) is 5.50. The molecule has 2 fully saturated rings. The Kier molecular flexibility index (Phi) is 2.95. The molecule has 3 heteroatoms. The first-order valence-electron chi connectivity index (χ1n) is 7.38. The summed E-state index contributed by atoms with van der Waals surface area (Å²) >= 11 is 0. The van der Waals surface area contributed by atoms with Gasteiger partial charge in [0.15, 0.2) is 0 Å². The fourth-order valence-electron chi connectivity index (χ4n) is 4.72. The Bertz CT molecular complexity index is 384. The maximum Gasteiger partial charge on any atom is 0.207 e. The molecule has 0 N–H and O–H groups in total. The van der Waals surface area contributed by atoms with Gasteiger partial charge in [-0.2, -0.15) is 0 Å². The fourth-order valence-corrected chi connectivity index (χ4v) is 4.72. The van der Waals surface area contributed by atoms with Crippen LogP contribution < -0.4 is 0 Å². The third-order valence-electron chi connectivity index (χ3n) is 5.50. The Balaban J connectivity index is 1.61. The molecule has 0 spiro atoms. The molecule has 1 unspecified atom stereocenters. The summed E-state index contributed by atoms with van der Waals surface area (Å²) in [4.78, 5) is 10.5. The van der Waals surface area contributed by atoms with Gasteiger partial charge in [0.25, 0.3) is 0 Å². The van der Waals surface area contributed by atoms with Crippen molar-refractivity contribution in [3.05, 3.63) is 21.8 Å². The van der Waals surface area contributed by atoms with Crippen molar-refractivity contribution in [2.45, 2.75) is 51.9 Å².